The van der Waals surface area contributed by atoms with E-state index >= 15 is 0 Å². The van der Waals surface area contributed by atoms with Crippen LogP contribution < -0.4 is 5.73 Å². The van der Waals surface area contributed by atoms with Crippen LogP contribution in [0, 0.1) is 0 Å². The van der Waals surface area contributed by atoms with E-state index in [1.54, 1.807) is 17.0 Å². The number of hydrogen-bond acceptors (Lipinski definition) is 5. The maximum Gasteiger partial charge on any atom is 0.274 e. The number of rotatable bonds is 4. The molecule has 1 unspecified atom stereocenters. The smallest absolute Gasteiger partial charge is 0.274 e. The average molecular weight is 264 g/mol. The highest BCUT2D eigenvalue weighted by atomic mass is 16.5. The van der Waals surface area contributed by atoms with Gasteiger partial charge in [0.1, 0.15) is 5.82 Å². The summed E-state index contributed by atoms with van der Waals surface area (Å²) in [5, 5.41) is 7.55. The van der Waals surface area contributed by atoms with Crippen LogP contribution in [0.3, 0.4) is 0 Å². The van der Waals surface area contributed by atoms with Gasteiger partial charge in [0, 0.05) is 19.7 Å². The van der Waals surface area contributed by atoms with E-state index in [-0.39, 0.29) is 12.0 Å². The number of anilines is 1. The van der Waals surface area contributed by atoms with Gasteiger partial charge in [0.2, 0.25) is 0 Å². The minimum absolute atomic E-state index is 0.0997. The van der Waals surface area contributed by atoms with Gasteiger partial charge in [-0.05, 0) is 31.4 Å². The standard InChI is InChI=1S/C13H20N4O2/c1-2-8-19-10-4-3-7-17(9-10)13(18)11-5-6-12(14)16-15-11/h5-6,10H,2-4,7-9H2,1H3,(H2,14,16). The molecule has 0 bridgehead atoms. The topological polar surface area (TPSA) is 81.3 Å². The third-order valence-electron chi connectivity index (χ3n) is 3.13. The first-order valence-corrected chi connectivity index (χ1v) is 6.70. The van der Waals surface area contributed by atoms with Crippen molar-refractivity contribution >= 4 is 11.7 Å². The molecule has 1 fully saturated rings. The fourth-order valence-corrected chi connectivity index (χ4v) is 2.16. The van der Waals surface area contributed by atoms with E-state index in [2.05, 4.69) is 17.1 Å². The van der Waals surface area contributed by atoms with Crippen LogP contribution in [0.5, 0.6) is 0 Å². The fraction of sp³-hybridized carbons (Fsp3) is 0.615. The number of carbonyl (C=O) groups excluding carboxylic acids is 1. The SMILES string of the molecule is CCCOC1CCCN(C(=O)c2ccc(N)nn2)C1. The molecule has 0 saturated carbocycles. The van der Waals surface area contributed by atoms with Crippen molar-refractivity contribution in [3.8, 4) is 0 Å². The Morgan fingerprint density at radius 3 is 3.05 bits per heavy atom. The summed E-state index contributed by atoms with van der Waals surface area (Å²) in [6.07, 6.45) is 3.10. The molecule has 0 aliphatic carbocycles. The lowest BCUT2D eigenvalue weighted by Gasteiger charge is -2.32. The van der Waals surface area contributed by atoms with Crippen molar-refractivity contribution in [3.63, 3.8) is 0 Å². The minimum atomic E-state index is -0.0997. The first-order valence-electron chi connectivity index (χ1n) is 6.70. The van der Waals surface area contributed by atoms with E-state index < -0.39 is 0 Å². The summed E-state index contributed by atoms with van der Waals surface area (Å²) >= 11 is 0. The second-order valence-corrected chi connectivity index (χ2v) is 4.73. The molecule has 6 nitrogen and oxygen atoms in total. The number of nitrogens with two attached hydrogens (primary N) is 1. The summed E-state index contributed by atoms with van der Waals surface area (Å²) in [5.41, 5.74) is 5.80. The van der Waals surface area contributed by atoms with Gasteiger partial charge in [-0.2, -0.15) is 0 Å². The summed E-state index contributed by atoms with van der Waals surface area (Å²) in [6.45, 7) is 4.20. The van der Waals surface area contributed by atoms with Crippen LogP contribution in [0.25, 0.3) is 0 Å². The average Bonchev–Trinajstić information content (AvgIpc) is 2.45. The summed E-state index contributed by atoms with van der Waals surface area (Å²) in [4.78, 5) is 14.0. The van der Waals surface area contributed by atoms with Crippen LogP contribution in [0.2, 0.25) is 0 Å². The third-order valence-corrected chi connectivity index (χ3v) is 3.13. The number of aromatic nitrogens is 2. The van der Waals surface area contributed by atoms with Gasteiger partial charge in [0.15, 0.2) is 5.69 Å². The number of amides is 1. The summed E-state index contributed by atoms with van der Waals surface area (Å²) < 4.78 is 5.72. The minimum Gasteiger partial charge on any atom is -0.382 e. The number of nitrogen functional groups attached to an aromatic ring is 1. The number of carbonyl (C=O) groups is 1. The van der Waals surface area contributed by atoms with Crippen LogP contribution in [0.4, 0.5) is 5.82 Å². The van der Waals surface area contributed by atoms with Crippen molar-refractivity contribution < 1.29 is 9.53 Å². The molecule has 1 atom stereocenters. The highest BCUT2D eigenvalue weighted by Crippen LogP contribution is 2.15. The van der Waals surface area contributed by atoms with Gasteiger partial charge in [0.25, 0.3) is 5.91 Å². The maximum absolute atomic E-state index is 12.3. The van der Waals surface area contributed by atoms with E-state index in [1.165, 1.54) is 0 Å². The Morgan fingerprint density at radius 2 is 2.37 bits per heavy atom. The highest BCUT2D eigenvalue weighted by molar-refractivity contribution is 5.92. The molecule has 1 aromatic rings. The van der Waals surface area contributed by atoms with E-state index in [4.69, 9.17) is 10.5 Å². The van der Waals surface area contributed by atoms with Crippen molar-refractivity contribution in [1.29, 1.82) is 0 Å². The molecular weight excluding hydrogens is 244 g/mol. The Kier molecular flexibility index (Phi) is 4.68. The van der Waals surface area contributed by atoms with Crippen molar-refractivity contribution in [1.82, 2.24) is 15.1 Å². The molecule has 1 aromatic heterocycles. The molecule has 1 amide bonds. The molecule has 0 radical (unpaired) electrons. The number of nitrogens with zero attached hydrogens (tertiary/aromatic N) is 3. The Morgan fingerprint density at radius 1 is 1.53 bits per heavy atom. The zero-order valence-electron chi connectivity index (χ0n) is 11.2. The lowest BCUT2D eigenvalue weighted by atomic mass is 10.1. The molecule has 1 aliphatic heterocycles. The zero-order valence-corrected chi connectivity index (χ0v) is 11.2. The number of piperidine rings is 1. The number of hydrogen-bond donors (Lipinski definition) is 1. The van der Waals surface area contributed by atoms with E-state index in [0.717, 1.165) is 32.4 Å². The second kappa shape index (κ2) is 6.47. The van der Waals surface area contributed by atoms with Gasteiger partial charge in [0.05, 0.1) is 6.10 Å². The Balaban J connectivity index is 1.96. The number of likely N-dealkylation sites (tertiary alicyclic amines) is 1. The summed E-state index contributed by atoms with van der Waals surface area (Å²) in [5.74, 6) is 0.219. The summed E-state index contributed by atoms with van der Waals surface area (Å²) in [6, 6.07) is 3.20. The highest BCUT2D eigenvalue weighted by Gasteiger charge is 2.25. The molecule has 1 aliphatic rings. The Bertz CT molecular complexity index is 421. The molecule has 19 heavy (non-hydrogen) atoms. The molecule has 0 aromatic carbocycles. The van der Waals surface area contributed by atoms with Crippen LogP contribution in [-0.4, -0.2) is 46.8 Å². The third kappa shape index (κ3) is 3.64. The van der Waals surface area contributed by atoms with Gasteiger partial charge >= 0.3 is 0 Å². The van der Waals surface area contributed by atoms with Gasteiger partial charge in [-0.25, -0.2) is 0 Å². The molecular formula is C13H20N4O2. The van der Waals surface area contributed by atoms with E-state index in [1.807, 2.05) is 0 Å². The first kappa shape index (κ1) is 13.7. The molecule has 2 N–H and O–H groups in total. The number of ether oxygens (including phenoxy) is 1. The molecule has 2 rings (SSSR count). The molecule has 2 heterocycles. The predicted molar refractivity (Wildman–Crippen MR) is 71.6 cm³/mol. The normalized spacial score (nSPS) is 19.4. The van der Waals surface area contributed by atoms with Crippen molar-refractivity contribution in [2.45, 2.75) is 32.3 Å². The molecule has 1 saturated heterocycles. The maximum atomic E-state index is 12.3. The molecule has 104 valence electrons. The van der Waals surface area contributed by atoms with Crippen molar-refractivity contribution in [2.24, 2.45) is 0 Å². The molecule has 6 heteroatoms. The van der Waals surface area contributed by atoms with E-state index in [9.17, 15) is 4.79 Å². The van der Waals surface area contributed by atoms with Gasteiger partial charge in [-0.1, -0.05) is 6.92 Å². The largest absolute Gasteiger partial charge is 0.382 e. The van der Waals surface area contributed by atoms with E-state index in [0.29, 0.717) is 18.1 Å². The molecule has 0 spiro atoms. The van der Waals surface area contributed by atoms with Gasteiger partial charge in [-0.15, -0.1) is 10.2 Å². The predicted octanol–water partition coefficient (Wildman–Crippen LogP) is 1.09. The van der Waals surface area contributed by atoms with Crippen molar-refractivity contribution in [2.75, 3.05) is 25.4 Å². The van der Waals surface area contributed by atoms with Gasteiger partial charge < -0.3 is 15.4 Å². The van der Waals surface area contributed by atoms with Crippen LogP contribution in [0.1, 0.15) is 36.7 Å². The second-order valence-electron chi connectivity index (χ2n) is 4.73. The van der Waals surface area contributed by atoms with Crippen LogP contribution in [-0.2, 0) is 4.74 Å². The van der Waals surface area contributed by atoms with Gasteiger partial charge in [-0.3, -0.25) is 4.79 Å². The van der Waals surface area contributed by atoms with Crippen LogP contribution >= 0.6 is 0 Å². The first-order chi connectivity index (χ1) is 9.20. The van der Waals surface area contributed by atoms with Crippen molar-refractivity contribution in [3.05, 3.63) is 17.8 Å². The zero-order chi connectivity index (χ0) is 13.7. The monoisotopic (exact) mass is 264 g/mol. The Labute approximate surface area is 112 Å². The van der Waals surface area contributed by atoms with Crippen LogP contribution in [0.15, 0.2) is 12.1 Å². The summed E-state index contributed by atoms with van der Waals surface area (Å²) in [7, 11) is 0. The fourth-order valence-electron chi connectivity index (χ4n) is 2.16. The lowest BCUT2D eigenvalue weighted by Crippen LogP contribution is -2.43. The Hall–Kier alpha value is -1.69. The lowest BCUT2D eigenvalue weighted by molar-refractivity contribution is 0.00189. The quantitative estimate of drug-likeness (QED) is 0.880.